The number of hydrogen-bond donors (Lipinski definition) is 1. The van der Waals surface area contributed by atoms with Crippen molar-refractivity contribution in [1.82, 2.24) is 4.98 Å². The Kier molecular flexibility index (Phi) is 5.02. The number of fused-ring (bicyclic) bond motifs is 3. The highest BCUT2D eigenvalue weighted by Gasteiger charge is 2.15. The summed E-state index contributed by atoms with van der Waals surface area (Å²) >= 11 is 5.87. The Bertz CT molecular complexity index is 1390. The summed E-state index contributed by atoms with van der Waals surface area (Å²) < 4.78 is 11.5. The first kappa shape index (κ1) is 19.2. The molecule has 0 atom stereocenters. The number of anilines is 1. The second-order valence-electron chi connectivity index (χ2n) is 6.99. The molecule has 1 amide bonds. The van der Waals surface area contributed by atoms with Crippen LogP contribution in [0.15, 0.2) is 89.3 Å². The quantitative estimate of drug-likeness (QED) is 0.356. The summed E-state index contributed by atoms with van der Waals surface area (Å²) in [5, 5.41) is 5.60. The largest absolute Gasteiger partial charge is 0.484 e. The predicted molar refractivity (Wildman–Crippen MR) is 123 cm³/mol. The van der Waals surface area contributed by atoms with Crippen molar-refractivity contribution in [1.29, 1.82) is 0 Å². The number of nitrogens with zero attached hydrogens (tertiary/aromatic N) is 1. The third kappa shape index (κ3) is 3.96. The Morgan fingerprint density at radius 3 is 2.58 bits per heavy atom. The lowest BCUT2D eigenvalue weighted by molar-refractivity contribution is -0.118. The van der Waals surface area contributed by atoms with Crippen LogP contribution in [0.4, 0.5) is 5.69 Å². The van der Waals surface area contributed by atoms with Crippen LogP contribution < -0.4 is 10.1 Å². The molecular weight excluding hydrogens is 412 g/mol. The predicted octanol–water partition coefficient (Wildman–Crippen LogP) is 6.32. The molecule has 0 saturated carbocycles. The summed E-state index contributed by atoms with van der Waals surface area (Å²) in [6.07, 6.45) is 0. The van der Waals surface area contributed by atoms with Crippen molar-refractivity contribution < 1.29 is 13.9 Å². The van der Waals surface area contributed by atoms with Crippen LogP contribution in [0.2, 0.25) is 5.02 Å². The van der Waals surface area contributed by atoms with Crippen LogP contribution in [-0.2, 0) is 4.79 Å². The lowest BCUT2D eigenvalue weighted by Gasteiger charge is -2.10. The van der Waals surface area contributed by atoms with Crippen LogP contribution >= 0.6 is 11.6 Å². The van der Waals surface area contributed by atoms with Gasteiger partial charge in [0.15, 0.2) is 12.2 Å². The van der Waals surface area contributed by atoms with Gasteiger partial charge in [-0.05, 0) is 47.9 Å². The zero-order valence-corrected chi connectivity index (χ0v) is 17.1. The molecule has 5 aromatic rings. The number of carbonyl (C=O) groups is 1. The first-order valence-corrected chi connectivity index (χ1v) is 10.1. The van der Waals surface area contributed by atoms with Crippen LogP contribution in [-0.4, -0.2) is 17.5 Å². The van der Waals surface area contributed by atoms with Gasteiger partial charge in [-0.2, -0.15) is 0 Å². The third-order valence-electron chi connectivity index (χ3n) is 4.90. The number of aromatic nitrogens is 1. The van der Waals surface area contributed by atoms with Gasteiger partial charge in [0.2, 0.25) is 5.89 Å². The molecule has 6 heteroatoms. The molecule has 4 aromatic carbocycles. The average Bonchev–Trinajstić information content (AvgIpc) is 3.24. The average molecular weight is 429 g/mol. The first-order valence-electron chi connectivity index (χ1n) is 9.73. The van der Waals surface area contributed by atoms with E-state index in [0.29, 0.717) is 33.5 Å². The van der Waals surface area contributed by atoms with Gasteiger partial charge < -0.3 is 14.5 Å². The van der Waals surface area contributed by atoms with Crippen molar-refractivity contribution >= 4 is 45.1 Å². The van der Waals surface area contributed by atoms with E-state index in [4.69, 9.17) is 25.7 Å². The van der Waals surface area contributed by atoms with Gasteiger partial charge in [-0.25, -0.2) is 4.98 Å². The zero-order chi connectivity index (χ0) is 21.2. The molecule has 5 nitrogen and oxygen atoms in total. The summed E-state index contributed by atoms with van der Waals surface area (Å²) in [5.74, 6) is 0.725. The smallest absolute Gasteiger partial charge is 0.262 e. The van der Waals surface area contributed by atoms with Gasteiger partial charge in [0, 0.05) is 10.4 Å². The van der Waals surface area contributed by atoms with E-state index in [1.165, 1.54) is 0 Å². The van der Waals surface area contributed by atoms with Crippen molar-refractivity contribution in [3.8, 4) is 17.2 Å². The van der Waals surface area contributed by atoms with Crippen LogP contribution in [0.25, 0.3) is 33.3 Å². The van der Waals surface area contributed by atoms with Crippen LogP contribution in [0.5, 0.6) is 5.75 Å². The second kappa shape index (κ2) is 8.13. The highest BCUT2D eigenvalue weighted by molar-refractivity contribution is 6.30. The number of oxazole rings is 1. The summed E-state index contributed by atoms with van der Waals surface area (Å²) in [6.45, 7) is -0.131. The van der Waals surface area contributed by atoms with Gasteiger partial charge in [0.1, 0.15) is 11.3 Å². The lowest BCUT2D eigenvalue weighted by atomic mass is 10.1. The van der Waals surface area contributed by atoms with Crippen molar-refractivity contribution in [2.24, 2.45) is 0 Å². The molecule has 0 saturated heterocycles. The van der Waals surface area contributed by atoms with Gasteiger partial charge in [0.05, 0.1) is 11.3 Å². The van der Waals surface area contributed by atoms with Crippen molar-refractivity contribution in [2.45, 2.75) is 0 Å². The van der Waals surface area contributed by atoms with E-state index >= 15 is 0 Å². The molecular formula is C25H17ClN2O3. The monoisotopic (exact) mass is 428 g/mol. The number of halogens is 1. The third-order valence-corrected chi connectivity index (χ3v) is 5.15. The molecule has 0 spiro atoms. The molecule has 0 fully saturated rings. The molecule has 0 aliphatic rings. The van der Waals surface area contributed by atoms with E-state index in [1.54, 1.807) is 24.3 Å². The van der Waals surface area contributed by atoms with Crippen LogP contribution in [0.1, 0.15) is 0 Å². The van der Waals surface area contributed by atoms with E-state index in [1.807, 2.05) is 60.7 Å². The SMILES string of the molecule is O=C(COc1ccc(Cl)cc1)Nc1ccccc1-c1nc2c(ccc3ccccc32)o1. The van der Waals surface area contributed by atoms with E-state index < -0.39 is 0 Å². The topological polar surface area (TPSA) is 64.4 Å². The number of para-hydroxylation sites is 1. The Labute approximate surface area is 183 Å². The van der Waals surface area contributed by atoms with Gasteiger partial charge in [0.25, 0.3) is 5.91 Å². The first-order chi connectivity index (χ1) is 15.2. The van der Waals surface area contributed by atoms with Gasteiger partial charge in [-0.1, -0.05) is 54.1 Å². The van der Waals surface area contributed by atoms with Gasteiger partial charge in [-0.3, -0.25) is 4.79 Å². The molecule has 0 bridgehead atoms. The molecule has 0 unspecified atom stereocenters. The minimum Gasteiger partial charge on any atom is -0.484 e. The Morgan fingerprint density at radius 1 is 0.935 bits per heavy atom. The fourth-order valence-electron chi connectivity index (χ4n) is 3.42. The standard InChI is InChI=1S/C25H17ClN2O3/c26-17-10-12-18(13-11-17)30-15-23(29)27-21-8-4-3-7-20(21)25-28-24-19-6-2-1-5-16(19)9-14-22(24)31-25/h1-14H,15H2,(H,27,29). The van der Waals surface area contributed by atoms with E-state index in [9.17, 15) is 4.79 Å². The number of ether oxygens (including phenoxy) is 1. The minimum atomic E-state index is -0.288. The normalized spacial score (nSPS) is 11.0. The molecule has 31 heavy (non-hydrogen) atoms. The highest BCUT2D eigenvalue weighted by Crippen LogP contribution is 2.33. The fraction of sp³-hybridized carbons (Fsp3) is 0.0400. The van der Waals surface area contributed by atoms with E-state index in [0.717, 1.165) is 16.3 Å². The molecule has 5 rings (SSSR count). The van der Waals surface area contributed by atoms with E-state index in [-0.39, 0.29) is 12.5 Å². The molecule has 152 valence electrons. The molecule has 1 aromatic heterocycles. The highest BCUT2D eigenvalue weighted by atomic mass is 35.5. The number of hydrogen-bond acceptors (Lipinski definition) is 4. The zero-order valence-electron chi connectivity index (χ0n) is 16.3. The molecule has 0 radical (unpaired) electrons. The van der Waals surface area contributed by atoms with Crippen LogP contribution in [0.3, 0.4) is 0 Å². The van der Waals surface area contributed by atoms with Crippen molar-refractivity contribution in [3.63, 3.8) is 0 Å². The maximum absolute atomic E-state index is 12.5. The van der Waals surface area contributed by atoms with Crippen molar-refractivity contribution in [2.75, 3.05) is 11.9 Å². The van der Waals surface area contributed by atoms with Gasteiger partial charge in [-0.15, -0.1) is 0 Å². The fourth-order valence-corrected chi connectivity index (χ4v) is 3.55. The number of carbonyl (C=O) groups excluding carboxylic acids is 1. The number of nitrogens with one attached hydrogen (secondary N) is 1. The minimum absolute atomic E-state index is 0.131. The molecule has 1 heterocycles. The maximum atomic E-state index is 12.5. The summed E-state index contributed by atoms with van der Waals surface area (Å²) in [6, 6.07) is 26.2. The molecule has 1 N–H and O–H groups in total. The van der Waals surface area contributed by atoms with Gasteiger partial charge >= 0.3 is 0 Å². The second-order valence-corrected chi connectivity index (χ2v) is 7.43. The number of rotatable bonds is 5. The Hall–Kier alpha value is -3.83. The Morgan fingerprint density at radius 2 is 1.71 bits per heavy atom. The lowest BCUT2D eigenvalue weighted by Crippen LogP contribution is -2.20. The van der Waals surface area contributed by atoms with E-state index in [2.05, 4.69) is 5.32 Å². The maximum Gasteiger partial charge on any atom is 0.262 e. The number of benzene rings is 4. The summed E-state index contributed by atoms with van der Waals surface area (Å²) in [5.41, 5.74) is 2.78. The number of amides is 1. The summed E-state index contributed by atoms with van der Waals surface area (Å²) in [7, 11) is 0. The molecule has 0 aliphatic heterocycles. The summed E-state index contributed by atoms with van der Waals surface area (Å²) in [4.78, 5) is 17.2. The Balaban J connectivity index is 1.40. The van der Waals surface area contributed by atoms with Crippen molar-refractivity contribution in [3.05, 3.63) is 90.0 Å². The van der Waals surface area contributed by atoms with Crippen LogP contribution in [0, 0.1) is 0 Å². The molecule has 0 aliphatic carbocycles.